The summed E-state index contributed by atoms with van der Waals surface area (Å²) in [7, 11) is -4.64. The first-order valence-electron chi connectivity index (χ1n) is 0.906. The van der Waals surface area contributed by atoms with Crippen molar-refractivity contribution in [1.82, 2.24) is 0 Å². The van der Waals surface area contributed by atoms with Gasteiger partial charge in [-0.3, -0.25) is 0 Å². The van der Waals surface area contributed by atoms with Crippen molar-refractivity contribution in [2.45, 2.75) is 0 Å². The quantitative estimate of drug-likeness (QED) is 0.385. The molecule has 8 heteroatoms. The van der Waals surface area contributed by atoms with Crippen molar-refractivity contribution in [3.63, 3.8) is 0 Å². The van der Waals surface area contributed by atoms with Crippen molar-refractivity contribution in [2.24, 2.45) is 0 Å². The second-order valence-electron chi connectivity index (χ2n) is 0.513. The molecule has 0 aliphatic heterocycles. The van der Waals surface area contributed by atoms with E-state index in [1.807, 2.05) is 0 Å². The predicted molar refractivity (Wildman–Crippen MR) is 14.9 cm³/mol. The van der Waals surface area contributed by atoms with Gasteiger partial charge in [-0.05, 0) is 0 Å². The maximum atomic E-state index is 8.88. The zero-order valence-corrected chi connectivity index (χ0v) is 7.35. The fraction of sp³-hybridized carbons (Fsp3) is 0. The molecular weight excluding hydrogens is 267 g/mol. The Hall–Kier alpha value is 1.36. The van der Waals surface area contributed by atoms with Gasteiger partial charge in [-0.2, -0.15) is 0 Å². The molecule has 0 atom stereocenters. The molecule has 0 saturated heterocycles. The molecule has 0 unspecified atom stereocenters. The van der Waals surface area contributed by atoms with Gasteiger partial charge in [-0.1, -0.05) is 0 Å². The van der Waals surface area contributed by atoms with E-state index >= 15 is 0 Å². The Labute approximate surface area is 72.9 Å². The van der Waals surface area contributed by atoms with Crippen LogP contribution in [0.5, 0.6) is 0 Å². The molecule has 0 aromatic rings. The molecule has 0 aromatic carbocycles. The van der Waals surface area contributed by atoms with Crippen molar-refractivity contribution >= 4 is 7.82 Å². The Morgan fingerprint density at radius 3 is 1.12 bits per heavy atom. The molecule has 0 bridgehead atoms. The molecule has 0 saturated carbocycles. The third kappa shape index (κ3) is 160. The molecule has 5 nitrogen and oxygen atoms in total. The topological polar surface area (TPSA) is 94.8 Å². The SMILES string of the molecule is O=P(O)(O)O.[O]=[Ag].[Ti]. The second-order valence-corrected chi connectivity index (χ2v) is 1.54. The summed E-state index contributed by atoms with van der Waals surface area (Å²) in [6, 6.07) is 0. The van der Waals surface area contributed by atoms with Gasteiger partial charge in [0.15, 0.2) is 0 Å². The predicted octanol–water partition coefficient (Wildman–Crippen LogP) is -1.05. The molecule has 8 heavy (non-hydrogen) atoms. The fourth-order valence-electron chi connectivity index (χ4n) is 0. The van der Waals surface area contributed by atoms with Crippen LogP contribution < -0.4 is 0 Å². The minimum absolute atomic E-state index is 0. The first-order chi connectivity index (χ1) is 3.00. The standard InChI is InChI=1S/Ag.H3O4P.O.Ti/c;1-5(2,3)4;;/h;(H3,1,2,3,4);;. The average Bonchev–Trinajstić information content (AvgIpc) is 1.36. The molecule has 0 spiro atoms. The maximum absolute atomic E-state index is 8.88. The largest absolute Gasteiger partial charge is 0 e. The third-order valence-electron chi connectivity index (χ3n) is 0. The molecule has 0 amide bonds. The minimum Gasteiger partial charge on any atom is 0 e. The Balaban J connectivity index is -0.0000000750. The Morgan fingerprint density at radius 2 is 1.12 bits per heavy atom. The number of hydrogen-bond donors (Lipinski definition) is 3. The van der Waals surface area contributed by atoms with Gasteiger partial charge in [0.05, 0.1) is 0 Å². The summed E-state index contributed by atoms with van der Waals surface area (Å²) in [6.45, 7) is 0. The third-order valence-corrected chi connectivity index (χ3v) is 0. The van der Waals surface area contributed by atoms with Crippen LogP contribution in [0.1, 0.15) is 0 Å². The van der Waals surface area contributed by atoms with Crippen molar-refractivity contribution in [3.8, 4) is 0 Å². The summed E-state index contributed by atoms with van der Waals surface area (Å²) in [5.41, 5.74) is 0. The summed E-state index contributed by atoms with van der Waals surface area (Å²) in [5.74, 6) is 0. The summed E-state index contributed by atoms with van der Waals surface area (Å²) in [6.07, 6.45) is 0. The first kappa shape index (κ1) is 16.2. The van der Waals surface area contributed by atoms with Crippen LogP contribution in [0, 0.1) is 0 Å². The normalized spacial score (nSPS) is 8.12. The van der Waals surface area contributed by atoms with Gasteiger partial charge < -0.3 is 14.7 Å². The van der Waals surface area contributed by atoms with Crippen LogP contribution in [0.2, 0.25) is 0 Å². The minimum atomic E-state index is -4.64. The van der Waals surface area contributed by atoms with Crippen LogP contribution in [0.3, 0.4) is 0 Å². The monoisotopic (exact) mass is 269 g/mol. The smallest absolute Gasteiger partial charge is 0 e. The van der Waals surface area contributed by atoms with E-state index in [1.54, 1.807) is 21.0 Å². The first-order valence-corrected chi connectivity index (χ1v) is 3.08. The van der Waals surface area contributed by atoms with Crippen LogP contribution >= 0.6 is 7.82 Å². The Bertz CT molecular complexity index is 68.2. The van der Waals surface area contributed by atoms with Gasteiger partial charge in [-0.25, -0.2) is 4.57 Å². The summed E-state index contributed by atoms with van der Waals surface area (Å²) < 4.78 is 16.9. The molecule has 0 aliphatic carbocycles. The zero-order chi connectivity index (χ0) is 6.50. The summed E-state index contributed by atoms with van der Waals surface area (Å²) in [4.78, 5) is 21.6. The molecule has 0 rings (SSSR count). The molecular formula is H3AgO5PTi. The summed E-state index contributed by atoms with van der Waals surface area (Å²) in [5, 5.41) is 0. The van der Waals surface area contributed by atoms with Crippen molar-refractivity contribution in [2.75, 3.05) is 0 Å². The van der Waals surface area contributed by atoms with E-state index in [-0.39, 0.29) is 21.7 Å². The van der Waals surface area contributed by atoms with E-state index < -0.39 is 7.82 Å². The van der Waals surface area contributed by atoms with E-state index in [0.29, 0.717) is 0 Å². The molecule has 0 radical (unpaired) electrons. The summed E-state index contributed by atoms with van der Waals surface area (Å²) >= 11 is 1.70. The fourth-order valence-corrected chi connectivity index (χ4v) is 0. The van der Waals surface area contributed by atoms with Gasteiger partial charge >= 0.3 is 32.1 Å². The van der Waals surface area contributed by atoms with E-state index in [1.165, 1.54) is 0 Å². The molecule has 0 aliphatic rings. The van der Waals surface area contributed by atoms with Crippen LogP contribution in [0.15, 0.2) is 0 Å². The molecule has 53 valence electrons. The van der Waals surface area contributed by atoms with Crippen LogP contribution in [-0.2, 0) is 50.6 Å². The zero-order valence-electron chi connectivity index (χ0n) is 3.41. The Morgan fingerprint density at radius 1 is 1.12 bits per heavy atom. The van der Waals surface area contributed by atoms with Crippen LogP contribution in [0.25, 0.3) is 0 Å². The molecule has 0 heterocycles. The molecule has 3 N–H and O–H groups in total. The van der Waals surface area contributed by atoms with Crippen molar-refractivity contribution in [3.05, 3.63) is 0 Å². The van der Waals surface area contributed by atoms with Crippen molar-refractivity contribution < 1.29 is 65.3 Å². The second kappa shape index (κ2) is 8.36. The van der Waals surface area contributed by atoms with Gasteiger partial charge in [0.25, 0.3) is 0 Å². The van der Waals surface area contributed by atoms with E-state index in [0.717, 1.165) is 0 Å². The van der Waals surface area contributed by atoms with Crippen LogP contribution in [0.4, 0.5) is 0 Å². The number of phosphoric acid groups is 1. The van der Waals surface area contributed by atoms with E-state index in [4.69, 9.17) is 22.5 Å². The van der Waals surface area contributed by atoms with Gasteiger partial charge in [0.2, 0.25) is 0 Å². The van der Waals surface area contributed by atoms with Gasteiger partial charge in [0.1, 0.15) is 0 Å². The Kier molecular flexibility index (Phi) is 16.9. The van der Waals surface area contributed by atoms with Crippen LogP contribution in [-0.4, -0.2) is 14.7 Å². The number of hydrogen-bond acceptors (Lipinski definition) is 2. The van der Waals surface area contributed by atoms with Crippen molar-refractivity contribution in [1.29, 1.82) is 0 Å². The van der Waals surface area contributed by atoms with Gasteiger partial charge in [-0.15, -0.1) is 0 Å². The van der Waals surface area contributed by atoms with Gasteiger partial charge in [0, 0.05) is 21.7 Å². The van der Waals surface area contributed by atoms with E-state index in [9.17, 15) is 0 Å². The number of rotatable bonds is 0. The molecule has 0 aromatic heterocycles. The molecule has 0 fully saturated rings. The maximum Gasteiger partial charge on any atom is 0 e. The van der Waals surface area contributed by atoms with E-state index in [2.05, 4.69) is 0 Å². The average molecular weight is 270 g/mol.